The van der Waals surface area contributed by atoms with Gasteiger partial charge in [0, 0.05) is 21.3 Å². The minimum Gasteiger partial charge on any atom is -0.379 e. The van der Waals surface area contributed by atoms with Crippen molar-refractivity contribution in [2.45, 2.75) is 18.4 Å². The van der Waals surface area contributed by atoms with Crippen molar-refractivity contribution in [3.05, 3.63) is 21.9 Å². The molecule has 82 valence electrons. The first-order chi connectivity index (χ1) is 7.08. The first-order valence-corrected chi connectivity index (χ1v) is 7.09. The van der Waals surface area contributed by atoms with E-state index in [0.29, 0.717) is 5.04 Å². The smallest absolute Gasteiger partial charge is 0.151 e. The summed E-state index contributed by atoms with van der Waals surface area (Å²) in [4.78, 5) is 2.50. The van der Waals surface area contributed by atoms with Crippen LogP contribution in [0.5, 0.6) is 0 Å². The van der Waals surface area contributed by atoms with E-state index in [4.69, 9.17) is 16.6 Å². The highest BCUT2D eigenvalue weighted by molar-refractivity contribution is 8.13. The summed E-state index contributed by atoms with van der Waals surface area (Å²) in [5.74, 6) is 1.64. The quantitative estimate of drug-likeness (QED) is 0.574. The molecular weight excluding hydrogens is 246 g/mol. The van der Waals surface area contributed by atoms with Gasteiger partial charge in [-0.3, -0.25) is 10.8 Å². The summed E-state index contributed by atoms with van der Waals surface area (Å²) >= 11 is 4.61. The highest BCUT2D eigenvalue weighted by Crippen LogP contribution is 2.24. The normalized spacial score (nSPS) is 10.2. The van der Waals surface area contributed by atoms with E-state index in [1.165, 1.54) is 21.5 Å². The monoisotopic (exact) mass is 259 g/mol. The highest BCUT2D eigenvalue weighted by Gasteiger charge is 2.02. The Bertz CT molecular complexity index is 327. The van der Waals surface area contributed by atoms with Crippen LogP contribution in [0.3, 0.4) is 0 Å². The second-order valence-corrected chi connectivity index (χ2v) is 6.33. The van der Waals surface area contributed by atoms with Crippen LogP contribution in [0.2, 0.25) is 0 Å². The molecule has 4 N–H and O–H groups in total. The summed E-state index contributed by atoms with van der Waals surface area (Å²) in [6.07, 6.45) is 0. The van der Waals surface area contributed by atoms with Crippen molar-refractivity contribution in [1.29, 1.82) is 10.8 Å². The third-order valence-electron chi connectivity index (χ3n) is 1.52. The zero-order valence-corrected chi connectivity index (χ0v) is 10.8. The molecule has 1 aromatic heterocycles. The molecule has 0 spiro atoms. The molecule has 15 heavy (non-hydrogen) atoms. The lowest BCUT2D eigenvalue weighted by molar-refractivity contribution is 1.49. The topological polar surface area (TPSA) is 73.7 Å². The Hall–Kier alpha value is -0.460. The van der Waals surface area contributed by atoms with Gasteiger partial charge < -0.3 is 5.73 Å². The molecule has 1 heterocycles. The molecular formula is C9H13N3S3. The minimum atomic E-state index is 0.162. The summed E-state index contributed by atoms with van der Waals surface area (Å²) in [5, 5.41) is 15.2. The number of hydrogen-bond donors (Lipinski definition) is 3. The van der Waals surface area contributed by atoms with Crippen LogP contribution in [0, 0.1) is 10.8 Å². The van der Waals surface area contributed by atoms with Gasteiger partial charge in [-0.1, -0.05) is 11.8 Å². The molecule has 0 aliphatic heterocycles. The van der Waals surface area contributed by atoms with E-state index in [1.54, 1.807) is 30.0 Å². The SMILES string of the molecule is CC(=N)SCc1ccc(CSC(=N)N)s1. The standard InChI is InChI=1S/C9H13N3S3/c1-6(10)13-4-7-2-3-8(15-7)5-14-9(11)12/h2-3,10H,4-5H2,1H3,(H3,11,12). The van der Waals surface area contributed by atoms with Crippen molar-refractivity contribution in [2.75, 3.05) is 0 Å². The van der Waals surface area contributed by atoms with E-state index >= 15 is 0 Å². The van der Waals surface area contributed by atoms with Gasteiger partial charge in [0.2, 0.25) is 0 Å². The van der Waals surface area contributed by atoms with Crippen LogP contribution in [-0.2, 0) is 11.5 Å². The van der Waals surface area contributed by atoms with Crippen LogP contribution >= 0.6 is 34.9 Å². The third kappa shape index (κ3) is 5.25. The Morgan fingerprint density at radius 1 is 1.27 bits per heavy atom. The van der Waals surface area contributed by atoms with E-state index in [9.17, 15) is 0 Å². The van der Waals surface area contributed by atoms with E-state index < -0.39 is 0 Å². The number of hydrogen-bond acceptors (Lipinski definition) is 5. The predicted octanol–water partition coefficient (Wildman–Crippen LogP) is 3.11. The van der Waals surface area contributed by atoms with E-state index in [1.807, 2.05) is 0 Å². The fourth-order valence-electron chi connectivity index (χ4n) is 0.906. The Balaban J connectivity index is 2.41. The van der Waals surface area contributed by atoms with E-state index in [2.05, 4.69) is 12.1 Å². The second-order valence-electron chi connectivity index (χ2n) is 2.87. The second kappa shape index (κ2) is 6.19. The van der Waals surface area contributed by atoms with Crippen LogP contribution in [0.4, 0.5) is 0 Å². The molecule has 0 radical (unpaired) electrons. The Morgan fingerprint density at radius 2 is 1.80 bits per heavy atom. The highest BCUT2D eigenvalue weighted by atomic mass is 32.2. The molecule has 0 saturated heterocycles. The molecule has 1 rings (SSSR count). The molecule has 0 aliphatic rings. The molecule has 0 aliphatic carbocycles. The average Bonchev–Trinajstić information content (AvgIpc) is 2.59. The Morgan fingerprint density at radius 3 is 2.27 bits per heavy atom. The Labute approximate surface area is 102 Å². The zero-order chi connectivity index (χ0) is 11.3. The van der Waals surface area contributed by atoms with Crippen molar-refractivity contribution < 1.29 is 0 Å². The van der Waals surface area contributed by atoms with Gasteiger partial charge in [0.05, 0.1) is 5.04 Å². The maximum absolute atomic E-state index is 7.31. The Kier molecular flexibility index (Phi) is 5.21. The van der Waals surface area contributed by atoms with Crippen LogP contribution in [0.1, 0.15) is 16.7 Å². The van der Waals surface area contributed by atoms with Gasteiger partial charge in [0.25, 0.3) is 0 Å². The molecule has 0 fully saturated rings. The first-order valence-electron chi connectivity index (χ1n) is 4.30. The molecule has 0 bridgehead atoms. The van der Waals surface area contributed by atoms with Gasteiger partial charge in [-0.25, -0.2) is 0 Å². The maximum atomic E-state index is 7.31. The van der Waals surface area contributed by atoms with Crippen molar-refractivity contribution >= 4 is 45.1 Å². The molecule has 1 aromatic rings. The number of thiophene rings is 1. The number of nitrogens with one attached hydrogen (secondary N) is 2. The van der Waals surface area contributed by atoms with Crippen molar-refractivity contribution in [3.63, 3.8) is 0 Å². The lowest BCUT2D eigenvalue weighted by atomic mass is 10.5. The largest absolute Gasteiger partial charge is 0.379 e. The molecule has 3 nitrogen and oxygen atoms in total. The molecule has 0 aromatic carbocycles. The lowest BCUT2D eigenvalue weighted by Crippen LogP contribution is -2.03. The maximum Gasteiger partial charge on any atom is 0.151 e. The van der Waals surface area contributed by atoms with Crippen molar-refractivity contribution in [3.8, 4) is 0 Å². The molecule has 0 saturated carbocycles. The van der Waals surface area contributed by atoms with Crippen molar-refractivity contribution in [2.24, 2.45) is 5.73 Å². The third-order valence-corrected chi connectivity index (χ3v) is 4.62. The minimum absolute atomic E-state index is 0.162. The van der Waals surface area contributed by atoms with Crippen molar-refractivity contribution in [1.82, 2.24) is 0 Å². The van der Waals surface area contributed by atoms with Gasteiger partial charge >= 0.3 is 0 Å². The first kappa shape index (κ1) is 12.6. The van der Waals surface area contributed by atoms with E-state index in [0.717, 1.165) is 11.5 Å². The van der Waals surface area contributed by atoms with Crippen LogP contribution in [-0.4, -0.2) is 10.2 Å². The predicted molar refractivity (Wildman–Crippen MR) is 72.2 cm³/mol. The molecule has 0 atom stereocenters. The molecule has 0 amide bonds. The summed E-state index contributed by atoms with van der Waals surface area (Å²) in [5.41, 5.74) is 5.26. The fraction of sp³-hybridized carbons (Fsp3) is 0.333. The number of nitrogens with two attached hydrogens (primary N) is 1. The molecule has 6 heteroatoms. The fourth-order valence-corrected chi connectivity index (χ4v) is 3.19. The van der Waals surface area contributed by atoms with Gasteiger partial charge in [0.1, 0.15) is 0 Å². The van der Waals surface area contributed by atoms with Crippen LogP contribution in [0.25, 0.3) is 0 Å². The summed E-state index contributed by atoms with van der Waals surface area (Å²) in [6, 6.07) is 4.15. The van der Waals surface area contributed by atoms with Gasteiger partial charge in [-0.15, -0.1) is 23.1 Å². The number of rotatable bonds is 4. The average molecular weight is 259 g/mol. The van der Waals surface area contributed by atoms with Gasteiger partial charge in [-0.05, 0) is 19.1 Å². The van der Waals surface area contributed by atoms with Gasteiger partial charge in [0.15, 0.2) is 5.17 Å². The summed E-state index contributed by atoms with van der Waals surface area (Å²) < 4.78 is 0. The summed E-state index contributed by atoms with van der Waals surface area (Å²) in [6.45, 7) is 1.80. The van der Waals surface area contributed by atoms with Crippen LogP contribution < -0.4 is 5.73 Å². The zero-order valence-electron chi connectivity index (χ0n) is 8.37. The van der Waals surface area contributed by atoms with E-state index in [-0.39, 0.29) is 5.17 Å². The number of thioether (sulfide) groups is 2. The molecule has 0 unspecified atom stereocenters. The van der Waals surface area contributed by atoms with Gasteiger partial charge in [-0.2, -0.15) is 0 Å². The number of amidine groups is 1. The lowest BCUT2D eigenvalue weighted by Gasteiger charge is -1.95. The van der Waals surface area contributed by atoms with Crippen LogP contribution in [0.15, 0.2) is 12.1 Å². The summed E-state index contributed by atoms with van der Waals surface area (Å²) in [7, 11) is 0.